The average molecular weight is 330 g/mol. The van der Waals surface area contributed by atoms with Crippen LogP contribution in [-0.2, 0) is 4.79 Å². The van der Waals surface area contributed by atoms with Crippen molar-refractivity contribution in [1.82, 2.24) is 16.0 Å². The van der Waals surface area contributed by atoms with Crippen LogP contribution < -0.4 is 16.0 Å². The lowest BCUT2D eigenvalue weighted by Gasteiger charge is -2.21. The van der Waals surface area contributed by atoms with E-state index in [4.69, 9.17) is 11.6 Å². The van der Waals surface area contributed by atoms with Crippen LogP contribution in [0.15, 0.2) is 54.6 Å². The van der Waals surface area contributed by atoms with E-state index >= 15 is 0 Å². The third-order valence-electron chi connectivity index (χ3n) is 3.71. The Labute approximate surface area is 139 Å². The standard InChI is InChI=1S/C17H16ClN3O2/c18-13-8-6-12(7-9-13)15(11-4-2-1-3-5-11)21-16(22)14-10-19-17(23)20-14/h1-9,14-15H,10H2,(H,21,22)(H2,19,20,23)/t14-,15-/m0/s1. The number of urea groups is 1. The molecule has 1 aliphatic rings. The molecule has 118 valence electrons. The van der Waals surface area contributed by atoms with Gasteiger partial charge in [0.1, 0.15) is 6.04 Å². The highest BCUT2D eigenvalue weighted by molar-refractivity contribution is 6.30. The van der Waals surface area contributed by atoms with E-state index in [1.54, 1.807) is 12.1 Å². The molecule has 1 saturated heterocycles. The van der Waals surface area contributed by atoms with Gasteiger partial charge in [-0.1, -0.05) is 54.1 Å². The van der Waals surface area contributed by atoms with Crippen molar-refractivity contribution in [2.75, 3.05) is 6.54 Å². The molecule has 0 spiro atoms. The first kappa shape index (κ1) is 15.4. The van der Waals surface area contributed by atoms with E-state index in [9.17, 15) is 9.59 Å². The number of benzene rings is 2. The second-order valence-corrected chi connectivity index (χ2v) is 5.75. The van der Waals surface area contributed by atoms with E-state index < -0.39 is 6.04 Å². The molecule has 3 amide bonds. The molecule has 0 saturated carbocycles. The molecule has 2 aromatic rings. The van der Waals surface area contributed by atoms with E-state index in [1.807, 2.05) is 42.5 Å². The summed E-state index contributed by atoms with van der Waals surface area (Å²) in [6.45, 7) is 0.285. The molecule has 6 heteroatoms. The molecule has 1 fully saturated rings. The Bertz CT molecular complexity index is 704. The molecule has 0 radical (unpaired) electrons. The summed E-state index contributed by atoms with van der Waals surface area (Å²) in [5.74, 6) is -0.229. The lowest BCUT2D eigenvalue weighted by molar-refractivity contribution is -0.122. The minimum Gasteiger partial charge on any atom is -0.343 e. The summed E-state index contributed by atoms with van der Waals surface area (Å²) in [5.41, 5.74) is 1.88. The zero-order chi connectivity index (χ0) is 16.2. The molecule has 3 rings (SSSR count). The predicted molar refractivity (Wildman–Crippen MR) is 88.2 cm³/mol. The summed E-state index contributed by atoms with van der Waals surface area (Å²) in [4.78, 5) is 23.6. The fraction of sp³-hybridized carbons (Fsp3) is 0.176. The molecule has 0 bridgehead atoms. The van der Waals surface area contributed by atoms with E-state index in [-0.39, 0.29) is 24.5 Å². The summed E-state index contributed by atoms with van der Waals surface area (Å²) in [5, 5.41) is 8.80. The highest BCUT2D eigenvalue weighted by Crippen LogP contribution is 2.23. The van der Waals surface area contributed by atoms with Crippen LogP contribution in [0.3, 0.4) is 0 Å². The van der Waals surface area contributed by atoms with Gasteiger partial charge in [0, 0.05) is 11.6 Å². The van der Waals surface area contributed by atoms with Crippen molar-refractivity contribution in [1.29, 1.82) is 0 Å². The van der Waals surface area contributed by atoms with Gasteiger partial charge in [-0.3, -0.25) is 4.79 Å². The summed E-state index contributed by atoms with van der Waals surface area (Å²) in [6, 6.07) is 15.8. The first-order valence-electron chi connectivity index (χ1n) is 7.28. The minimum absolute atomic E-state index is 0.229. The highest BCUT2D eigenvalue weighted by Gasteiger charge is 2.29. The lowest BCUT2D eigenvalue weighted by atomic mass is 9.98. The first-order valence-corrected chi connectivity index (χ1v) is 7.66. The third kappa shape index (κ3) is 3.63. The van der Waals surface area contributed by atoms with Crippen LogP contribution in [0.2, 0.25) is 5.02 Å². The minimum atomic E-state index is -0.569. The van der Waals surface area contributed by atoms with Crippen molar-refractivity contribution in [2.45, 2.75) is 12.1 Å². The average Bonchev–Trinajstić information content (AvgIpc) is 3.01. The van der Waals surface area contributed by atoms with Crippen LogP contribution in [0.5, 0.6) is 0 Å². The van der Waals surface area contributed by atoms with Gasteiger partial charge in [-0.05, 0) is 23.3 Å². The van der Waals surface area contributed by atoms with Gasteiger partial charge in [0.2, 0.25) is 5.91 Å². The van der Waals surface area contributed by atoms with Gasteiger partial charge in [0.15, 0.2) is 0 Å². The molecule has 23 heavy (non-hydrogen) atoms. The van der Waals surface area contributed by atoms with E-state index in [1.165, 1.54) is 0 Å². The first-order chi connectivity index (χ1) is 11.1. The quantitative estimate of drug-likeness (QED) is 0.805. The summed E-state index contributed by atoms with van der Waals surface area (Å²) in [7, 11) is 0. The zero-order valence-corrected chi connectivity index (χ0v) is 13.0. The molecule has 5 nitrogen and oxygen atoms in total. The Morgan fingerprint density at radius 1 is 1.09 bits per heavy atom. The Hall–Kier alpha value is -2.53. The highest BCUT2D eigenvalue weighted by atomic mass is 35.5. The molecule has 2 aromatic carbocycles. The third-order valence-corrected chi connectivity index (χ3v) is 3.96. The van der Waals surface area contributed by atoms with Gasteiger partial charge in [-0.25, -0.2) is 4.79 Å². The van der Waals surface area contributed by atoms with E-state index in [2.05, 4.69) is 16.0 Å². The maximum Gasteiger partial charge on any atom is 0.315 e. The molecular formula is C17H16ClN3O2. The number of carbonyl (C=O) groups is 2. The van der Waals surface area contributed by atoms with Gasteiger partial charge in [0.25, 0.3) is 0 Å². The van der Waals surface area contributed by atoms with Gasteiger partial charge in [0.05, 0.1) is 6.04 Å². The van der Waals surface area contributed by atoms with Crippen molar-refractivity contribution >= 4 is 23.5 Å². The molecule has 1 aliphatic heterocycles. The lowest BCUT2D eigenvalue weighted by Crippen LogP contribution is -2.44. The normalized spacial score (nSPS) is 18.0. The fourth-order valence-corrected chi connectivity index (χ4v) is 2.64. The van der Waals surface area contributed by atoms with Crippen LogP contribution in [-0.4, -0.2) is 24.5 Å². The molecule has 0 unspecified atom stereocenters. The maximum atomic E-state index is 12.4. The summed E-state index contributed by atoms with van der Waals surface area (Å²) < 4.78 is 0. The number of nitrogens with one attached hydrogen (secondary N) is 3. The smallest absolute Gasteiger partial charge is 0.315 e. The molecule has 2 atom stereocenters. The van der Waals surface area contributed by atoms with Gasteiger partial charge >= 0.3 is 6.03 Å². The number of halogens is 1. The monoisotopic (exact) mass is 329 g/mol. The second-order valence-electron chi connectivity index (χ2n) is 5.31. The van der Waals surface area contributed by atoms with E-state index in [0.717, 1.165) is 11.1 Å². The van der Waals surface area contributed by atoms with Crippen molar-refractivity contribution in [3.05, 3.63) is 70.7 Å². The van der Waals surface area contributed by atoms with Gasteiger partial charge < -0.3 is 16.0 Å². The number of carbonyl (C=O) groups excluding carboxylic acids is 2. The maximum absolute atomic E-state index is 12.4. The molecule has 1 heterocycles. The zero-order valence-electron chi connectivity index (χ0n) is 12.3. The fourth-order valence-electron chi connectivity index (χ4n) is 2.52. The molecular weight excluding hydrogens is 314 g/mol. The van der Waals surface area contributed by atoms with Crippen LogP contribution in [0.25, 0.3) is 0 Å². The Morgan fingerprint density at radius 3 is 2.35 bits per heavy atom. The van der Waals surface area contributed by atoms with Crippen LogP contribution in [0.1, 0.15) is 17.2 Å². The van der Waals surface area contributed by atoms with E-state index in [0.29, 0.717) is 5.02 Å². The number of hydrogen-bond donors (Lipinski definition) is 3. The molecule has 0 aromatic heterocycles. The topological polar surface area (TPSA) is 70.2 Å². The van der Waals surface area contributed by atoms with Gasteiger partial charge in [-0.2, -0.15) is 0 Å². The Kier molecular flexibility index (Phi) is 4.48. The van der Waals surface area contributed by atoms with Gasteiger partial charge in [-0.15, -0.1) is 0 Å². The number of hydrogen-bond acceptors (Lipinski definition) is 2. The van der Waals surface area contributed by atoms with Crippen LogP contribution in [0, 0.1) is 0 Å². The SMILES string of the molecule is O=C1NC[C@@H](C(=O)N[C@@H](c2ccccc2)c2ccc(Cl)cc2)N1. The van der Waals surface area contributed by atoms with Crippen LogP contribution >= 0.6 is 11.6 Å². The summed E-state index contributed by atoms with van der Waals surface area (Å²) in [6.07, 6.45) is 0. The number of amides is 3. The number of rotatable bonds is 4. The second kappa shape index (κ2) is 6.71. The summed E-state index contributed by atoms with van der Waals surface area (Å²) >= 11 is 5.94. The van der Waals surface area contributed by atoms with Crippen molar-refractivity contribution in [2.24, 2.45) is 0 Å². The van der Waals surface area contributed by atoms with Crippen molar-refractivity contribution in [3.8, 4) is 0 Å². The van der Waals surface area contributed by atoms with Crippen LogP contribution in [0.4, 0.5) is 4.79 Å². The Morgan fingerprint density at radius 2 is 1.74 bits per heavy atom. The van der Waals surface area contributed by atoms with Crippen molar-refractivity contribution in [3.63, 3.8) is 0 Å². The predicted octanol–water partition coefficient (Wildman–Crippen LogP) is 2.23. The Balaban J connectivity index is 1.85. The largest absolute Gasteiger partial charge is 0.343 e. The molecule has 3 N–H and O–H groups in total. The van der Waals surface area contributed by atoms with Crippen molar-refractivity contribution < 1.29 is 9.59 Å². The molecule has 0 aliphatic carbocycles.